The summed E-state index contributed by atoms with van der Waals surface area (Å²) in [5.41, 5.74) is 13.5. The van der Waals surface area contributed by atoms with Crippen LogP contribution in [0.4, 0.5) is 0 Å². The SMILES string of the molecule is C=Cc1[nH]c2ccc(C3=Cc4c(c(-c5ccccc5)c5c(c4-c4ccccc4)=CCC=5)CC3)cc2c1C=N. The molecule has 2 heteroatoms. The Bertz CT molecular complexity index is 1900. The highest BCUT2D eigenvalue weighted by Crippen LogP contribution is 2.39. The molecule has 7 rings (SSSR count). The number of hydrogen-bond acceptors (Lipinski definition) is 1. The van der Waals surface area contributed by atoms with E-state index in [2.05, 4.69) is 109 Å². The van der Waals surface area contributed by atoms with Crippen molar-refractivity contribution in [1.29, 1.82) is 5.41 Å². The summed E-state index contributed by atoms with van der Waals surface area (Å²) in [5, 5.41) is 11.8. The van der Waals surface area contributed by atoms with Gasteiger partial charge in [-0.25, -0.2) is 0 Å². The summed E-state index contributed by atoms with van der Waals surface area (Å²) in [6.07, 6.45) is 13.4. The van der Waals surface area contributed by atoms with Gasteiger partial charge in [0.05, 0.1) is 0 Å². The number of benzene rings is 4. The number of allylic oxidation sites excluding steroid dienone is 1. The van der Waals surface area contributed by atoms with Crippen LogP contribution in [-0.4, -0.2) is 11.2 Å². The van der Waals surface area contributed by atoms with Crippen LogP contribution >= 0.6 is 0 Å². The van der Waals surface area contributed by atoms with Gasteiger partial charge in [-0.1, -0.05) is 91.5 Å². The van der Waals surface area contributed by atoms with Gasteiger partial charge in [0.25, 0.3) is 0 Å². The van der Waals surface area contributed by atoms with Crippen molar-refractivity contribution in [3.63, 3.8) is 0 Å². The highest BCUT2D eigenvalue weighted by Gasteiger charge is 2.24. The largest absolute Gasteiger partial charge is 0.354 e. The van der Waals surface area contributed by atoms with Crippen molar-refractivity contribution in [2.45, 2.75) is 19.3 Å². The van der Waals surface area contributed by atoms with Crippen LogP contribution in [0.25, 0.3) is 63.0 Å². The van der Waals surface area contributed by atoms with E-state index >= 15 is 0 Å². The fourth-order valence-corrected chi connectivity index (χ4v) is 6.33. The molecule has 2 aliphatic rings. The molecule has 0 saturated carbocycles. The van der Waals surface area contributed by atoms with Crippen molar-refractivity contribution >= 4 is 47.0 Å². The summed E-state index contributed by atoms with van der Waals surface area (Å²) in [7, 11) is 0. The summed E-state index contributed by atoms with van der Waals surface area (Å²) in [4.78, 5) is 3.40. The van der Waals surface area contributed by atoms with Gasteiger partial charge in [0.15, 0.2) is 0 Å². The molecule has 182 valence electrons. The third-order valence-corrected chi connectivity index (χ3v) is 8.05. The predicted molar refractivity (Wildman–Crippen MR) is 163 cm³/mol. The lowest BCUT2D eigenvalue weighted by Gasteiger charge is -2.24. The van der Waals surface area contributed by atoms with Gasteiger partial charge in [-0.2, -0.15) is 0 Å². The molecule has 0 fully saturated rings. The van der Waals surface area contributed by atoms with Crippen molar-refractivity contribution in [3.8, 4) is 22.3 Å². The summed E-state index contributed by atoms with van der Waals surface area (Å²) in [6.45, 7) is 3.92. The molecule has 4 aromatic carbocycles. The van der Waals surface area contributed by atoms with Crippen molar-refractivity contribution in [2.75, 3.05) is 0 Å². The van der Waals surface area contributed by atoms with E-state index in [1.165, 1.54) is 61.2 Å². The zero-order valence-electron chi connectivity index (χ0n) is 21.2. The van der Waals surface area contributed by atoms with Crippen LogP contribution < -0.4 is 10.4 Å². The minimum Gasteiger partial charge on any atom is -0.354 e. The number of H-pyrrole nitrogens is 1. The summed E-state index contributed by atoms with van der Waals surface area (Å²) < 4.78 is 0. The number of hydrogen-bond donors (Lipinski definition) is 2. The highest BCUT2D eigenvalue weighted by atomic mass is 14.7. The van der Waals surface area contributed by atoms with Crippen LogP contribution in [0.1, 0.15) is 40.8 Å². The Hall–Kier alpha value is -4.69. The van der Waals surface area contributed by atoms with Gasteiger partial charge in [-0.05, 0) is 92.4 Å². The van der Waals surface area contributed by atoms with Crippen molar-refractivity contribution in [3.05, 3.63) is 124 Å². The van der Waals surface area contributed by atoms with Crippen LogP contribution in [0.5, 0.6) is 0 Å². The lowest BCUT2D eigenvalue weighted by molar-refractivity contribution is 1.00. The van der Waals surface area contributed by atoms with Gasteiger partial charge in [-0.15, -0.1) is 0 Å². The molecule has 5 aromatic rings. The molecule has 2 N–H and O–H groups in total. The van der Waals surface area contributed by atoms with Crippen LogP contribution in [0.3, 0.4) is 0 Å². The number of aromatic amines is 1. The Labute approximate surface area is 222 Å². The Morgan fingerprint density at radius 3 is 2.13 bits per heavy atom. The van der Waals surface area contributed by atoms with E-state index in [1.54, 1.807) is 6.08 Å². The van der Waals surface area contributed by atoms with E-state index in [9.17, 15) is 0 Å². The van der Waals surface area contributed by atoms with Crippen LogP contribution in [0, 0.1) is 5.41 Å². The first kappa shape index (κ1) is 22.5. The quantitative estimate of drug-likeness (QED) is 0.239. The molecule has 0 bridgehead atoms. The fourth-order valence-electron chi connectivity index (χ4n) is 6.33. The first-order valence-electron chi connectivity index (χ1n) is 13.3. The van der Waals surface area contributed by atoms with Crippen molar-refractivity contribution < 1.29 is 0 Å². The van der Waals surface area contributed by atoms with Gasteiger partial charge in [0.1, 0.15) is 0 Å². The summed E-state index contributed by atoms with van der Waals surface area (Å²) in [6, 6.07) is 28.3. The predicted octanol–water partition coefficient (Wildman–Crippen LogP) is 7.59. The number of fused-ring (bicyclic) bond motifs is 3. The van der Waals surface area contributed by atoms with E-state index in [0.717, 1.165) is 41.4 Å². The molecule has 38 heavy (non-hydrogen) atoms. The maximum atomic E-state index is 7.98. The maximum absolute atomic E-state index is 7.98. The van der Waals surface area contributed by atoms with Gasteiger partial charge in [0.2, 0.25) is 0 Å². The van der Waals surface area contributed by atoms with E-state index in [0.29, 0.717) is 0 Å². The average Bonchev–Trinajstić information content (AvgIpc) is 3.60. The second kappa shape index (κ2) is 9.00. The van der Waals surface area contributed by atoms with Crippen LogP contribution in [0.2, 0.25) is 0 Å². The molecule has 1 heterocycles. The standard InChI is InChI=1S/C36H28N2/c1-2-33-32(22-37)30-20-26(17-19-34(30)38-33)25-16-18-29-31(21-25)36(24-12-7-4-8-13-24)28-15-9-14-27(28)35(29)23-10-5-3-6-11-23/h2-8,10-15,17,19-22,37-38H,1,9,16,18H2. The van der Waals surface area contributed by atoms with Crippen molar-refractivity contribution in [2.24, 2.45) is 0 Å². The molecule has 0 saturated heterocycles. The van der Waals surface area contributed by atoms with Gasteiger partial charge in [-0.3, -0.25) is 0 Å². The van der Waals surface area contributed by atoms with E-state index in [1.807, 2.05) is 0 Å². The second-order valence-electron chi connectivity index (χ2n) is 10.1. The smallest absolute Gasteiger partial charge is 0.0474 e. The topological polar surface area (TPSA) is 39.6 Å². The molecule has 0 spiro atoms. The molecule has 0 aliphatic heterocycles. The normalized spacial score (nSPS) is 13.7. The molecule has 0 radical (unpaired) electrons. The number of nitrogens with one attached hydrogen (secondary N) is 2. The Balaban J connectivity index is 1.51. The molecule has 0 unspecified atom stereocenters. The molecule has 0 atom stereocenters. The zero-order chi connectivity index (χ0) is 25.6. The van der Waals surface area contributed by atoms with Crippen LogP contribution in [0.15, 0.2) is 85.4 Å². The minimum absolute atomic E-state index is 0.896. The average molecular weight is 489 g/mol. The Morgan fingerprint density at radius 2 is 1.45 bits per heavy atom. The Morgan fingerprint density at radius 1 is 0.763 bits per heavy atom. The summed E-state index contributed by atoms with van der Waals surface area (Å²) >= 11 is 0. The Kier molecular flexibility index (Phi) is 5.33. The maximum Gasteiger partial charge on any atom is 0.0474 e. The van der Waals surface area contributed by atoms with E-state index < -0.39 is 0 Å². The minimum atomic E-state index is 0.896. The lowest BCUT2D eigenvalue weighted by Crippen LogP contribution is -2.30. The lowest BCUT2D eigenvalue weighted by atomic mass is 9.79. The molecule has 1 aromatic heterocycles. The first-order chi connectivity index (χ1) is 18.8. The van der Waals surface area contributed by atoms with Crippen LogP contribution in [-0.2, 0) is 6.42 Å². The number of aromatic nitrogens is 1. The fraction of sp³-hybridized carbons (Fsp3) is 0.0833. The van der Waals surface area contributed by atoms with Crippen molar-refractivity contribution in [1.82, 2.24) is 4.98 Å². The first-order valence-corrected chi connectivity index (χ1v) is 13.3. The van der Waals surface area contributed by atoms with Gasteiger partial charge < -0.3 is 10.4 Å². The van der Waals surface area contributed by atoms with Gasteiger partial charge in [0, 0.05) is 28.4 Å². The third kappa shape index (κ3) is 3.45. The summed E-state index contributed by atoms with van der Waals surface area (Å²) in [5.74, 6) is 0. The monoisotopic (exact) mass is 488 g/mol. The zero-order valence-corrected chi connectivity index (χ0v) is 21.2. The molecule has 2 aliphatic carbocycles. The van der Waals surface area contributed by atoms with Gasteiger partial charge >= 0.3 is 0 Å². The highest BCUT2D eigenvalue weighted by molar-refractivity contribution is 6.04. The second-order valence-corrected chi connectivity index (χ2v) is 10.1. The molecule has 2 nitrogen and oxygen atoms in total. The van der Waals surface area contributed by atoms with E-state index in [-0.39, 0.29) is 0 Å². The third-order valence-electron chi connectivity index (χ3n) is 8.05. The number of rotatable bonds is 5. The van der Waals surface area contributed by atoms with E-state index in [4.69, 9.17) is 5.41 Å². The molecule has 0 amide bonds. The molecular formula is C36H28N2. The molecular weight excluding hydrogens is 460 g/mol.